The van der Waals surface area contributed by atoms with E-state index in [1.807, 2.05) is 0 Å². The third kappa shape index (κ3) is 4.30. The van der Waals surface area contributed by atoms with Crippen LogP contribution in [0.1, 0.15) is 5.56 Å². The van der Waals surface area contributed by atoms with E-state index >= 15 is 0 Å². The fraction of sp³-hybridized carbons (Fsp3) is 0.0667. The molecule has 4 N–H and O–H groups in total. The summed E-state index contributed by atoms with van der Waals surface area (Å²) in [5, 5.41) is 4.91. The summed E-state index contributed by atoms with van der Waals surface area (Å²) in [7, 11) is 0. The van der Waals surface area contributed by atoms with Crippen LogP contribution < -0.4 is 16.4 Å². The first kappa shape index (κ1) is 14.5. The Morgan fingerprint density at radius 1 is 1.29 bits per heavy atom. The van der Waals surface area contributed by atoms with Crippen LogP contribution in [0.5, 0.6) is 0 Å². The van der Waals surface area contributed by atoms with Gasteiger partial charge in [0.15, 0.2) is 0 Å². The van der Waals surface area contributed by atoms with Gasteiger partial charge in [-0.15, -0.1) is 0 Å². The minimum Gasteiger partial charge on any atom is -0.320 e. The lowest BCUT2D eigenvalue weighted by atomic mass is 10.2. The lowest BCUT2D eigenvalue weighted by Crippen LogP contribution is -2.20. The summed E-state index contributed by atoms with van der Waals surface area (Å²) in [6.07, 6.45) is 1.51. The van der Waals surface area contributed by atoms with Crippen molar-refractivity contribution in [2.24, 2.45) is 5.73 Å². The maximum Gasteiger partial charge on any atom is 0.324 e. The Morgan fingerprint density at radius 3 is 2.86 bits per heavy atom. The molecule has 6 heteroatoms. The maximum atomic E-state index is 13.4. The van der Waals surface area contributed by atoms with Crippen molar-refractivity contribution in [3.63, 3.8) is 0 Å². The average molecular weight is 284 g/mol. The predicted molar refractivity (Wildman–Crippen MR) is 79.2 cm³/mol. The van der Waals surface area contributed by atoms with E-state index in [9.17, 15) is 9.18 Å². The number of amides is 2. The highest BCUT2D eigenvalue weighted by Crippen LogP contribution is 2.13. The van der Waals surface area contributed by atoms with Crippen LogP contribution in [0.25, 0.3) is 0 Å². The van der Waals surface area contributed by atoms with E-state index in [0.29, 0.717) is 11.4 Å². The second kappa shape index (κ2) is 7.03. The largest absolute Gasteiger partial charge is 0.324 e. The van der Waals surface area contributed by atoms with Crippen molar-refractivity contribution in [2.75, 3.05) is 17.2 Å². The van der Waals surface area contributed by atoms with Crippen LogP contribution in [0.3, 0.4) is 0 Å². The van der Waals surface area contributed by atoms with Gasteiger partial charge in [0.1, 0.15) is 11.6 Å². The Hall–Kier alpha value is -2.91. The first-order valence-corrected chi connectivity index (χ1v) is 6.16. The Labute approximate surface area is 121 Å². The molecule has 0 spiro atoms. The van der Waals surface area contributed by atoms with Gasteiger partial charge in [0.25, 0.3) is 0 Å². The van der Waals surface area contributed by atoms with Gasteiger partial charge in [-0.3, -0.25) is 5.32 Å². The van der Waals surface area contributed by atoms with Gasteiger partial charge in [-0.2, -0.15) is 0 Å². The Morgan fingerprint density at radius 2 is 2.10 bits per heavy atom. The van der Waals surface area contributed by atoms with Gasteiger partial charge in [0.2, 0.25) is 0 Å². The topological polar surface area (TPSA) is 80.0 Å². The standard InChI is InChI=1S/C15H13FN4O/c16-12-5-1-2-6-13(12)19-15(21)20-14-10-11(4-3-8-17)7-9-18-14/h1-2,5-7,9-10H,8,17H2,(H2,18,19,20,21). The monoisotopic (exact) mass is 284 g/mol. The minimum atomic E-state index is -0.587. The second-order valence-corrected chi connectivity index (χ2v) is 3.99. The van der Waals surface area contributed by atoms with Gasteiger partial charge < -0.3 is 11.1 Å². The smallest absolute Gasteiger partial charge is 0.320 e. The van der Waals surface area contributed by atoms with E-state index in [1.165, 1.54) is 18.3 Å². The van der Waals surface area contributed by atoms with Crippen molar-refractivity contribution >= 4 is 17.5 Å². The summed E-state index contributed by atoms with van der Waals surface area (Å²) in [5.74, 6) is 5.34. The van der Waals surface area contributed by atoms with Crippen LogP contribution in [-0.2, 0) is 0 Å². The van der Waals surface area contributed by atoms with Crippen LogP contribution in [-0.4, -0.2) is 17.6 Å². The SMILES string of the molecule is NCC#Cc1ccnc(NC(=O)Nc2ccccc2F)c1. The number of nitrogens with two attached hydrogens (primary N) is 1. The fourth-order valence-corrected chi connectivity index (χ4v) is 1.56. The molecule has 1 heterocycles. The minimum absolute atomic E-state index is 0.0917. The number of nitrogens with one attached hydrogen (secondary N) is 2. The first-order chi connectivity index (χ1) is 10.2. The number of anilines is 2. The molecule has 0 saturated heterocycles. The van der Waals surface area contributed by atoms with Gasteiger partial charge in [-0.25, -0.2) is 14.2 Å². The Balaban J connectivity index is 2.04. The number of pyridine rings is 1. The molecule has 0 fully saturated rings. The highest BCUT2D eigenvalue weighted by molar-refractivity contribution is 5.99. The quantitative estimate of drug-likeness (QED) is 0.739. The zero-order valence-electron chi connectivity index (χ0n) is 11.1. The predicted octanol–water partition coefficient (Wildman–Crippen LogP) is 2.17. The van der Waals surface area contributed by atoms with Crippen molar-refractivity contribution in [1.29, 1.82) is 0 Å². The summed E-state index contributed by atoms with van der Waals surface area (Å²) >= 11 is 0. The van der Waals surface area contributed by atoms with E-state index < -0.39 is 11.8 Å². The van der Waals surface area contributed by atoms with Crippen LogP contribution in [0.15, 0.2) is 42.6 Å². The molecule has 1 aromatic heterocycles. The molecule has 106 valence electrons. The van der Waals surface area contributed by atoms with Crippen molar-refractivity contribution in [3.05, 3.63) is 54.0 Å². The molecular formula is C15H13FN4O. The van der Waals surface area contributed by atoms with Crippen molar-refractivity contribution in [3.8, 4) is 11.8 Å². The zero-order valence-corrected chi connectivity index (χ0v) is 11.1. The van der Waals surface area contributed by atoms with Gasteiger partial charge in [-0.1, -0.05) is 24.0 Å². The average Bonchev–Trinajstić information content (AvgIpc) is 2.48. The molecule has 0 aliphatic rings. The molecule has 5 nitrogen and oxygen atoms in total. The summed E-state index contributed by atoms with van der Waals surface area (Å²) < 4.78 is 13.4. The molecule has 0 radical (unpaired) electrons. The summed E-state index contributed by atoms with van der Waals surface area (Å²) in [6.45, 7) is 0.249. The number of nitrogens with zero attached hydrogens (tertiary/aromatic N) is 1. The number of rotatable bonds is 2. The van der Waals surface area contributed by atoms with E-state index in [1.54, 1.807) is 24.3 Å². The van der Waals surface area contributed by atoms with E-state index in [0.717, 1.165) is 0 Å². The number of benzene rings is 1. The number of hydrogen-bond donors (Lipinski definition) is 3. The van der Waals surface area contributed by atoms with Crippen LogP contribution in [0.4, 0.5) is 20.7 Å². The third-order valence-corrected chi connectivity index (χ3v) is 2.46. The molecule has 0 bridgehead atoms. The van der Waals surface area contributed by atoms with E-state index in [2.05, 4.69) is 27.5 Å². The van der Waals surface area contributed by atoms with Gasteiger partial charge in [0, 0.05) is 11.8 Å². The first-order valence-electron chi connectivity index (χ1n) is 6.16. The molecule has 0 atom stereocenters. The number of aromatic nitrogens is 1. The lowest BCUT2D eigenvalue weighted by molar-refractivity contribution is 0.262. The molecular weight excluding hydrogens is 271 g/mol. The number of para-hydroxylation sites is 1. The third-order valence-electron chi connectivity index (χ3n) is 2.46. The molecule has 2 amide bonds. The van der Waals surface area contributed by atoms with Gasteiger partial charge in [-0.05, 0) is 24.3 Å². The van der Waals surface area contributed by atoms with Gasteiger partial charge >= 0.3 is 6.03 Å². The molecule has 0 saturated carbocycles. The number of carbonyl (C=O) groups excluding carboxylic acids is 1. The summed E-state index contributed by atoms with van der Waals surface area (Å²) in [5.41, 5.74) is 6.06. The van der Waals surface area contributed by atoms with Crippen molar-refractivity contribution in [1.82, 2.24) is 4.98 Å². The fourth-order valence-electron chi connectivity index (χ4n) is 1.56. The second-order valence-electron chi connectivity index (χ2n) is 3.99. The molecule has 1 aromatic carbocycles. The Kier molecular flexibility index (Phi) is 4.85. The van der Waals surface area contributed by atoms with Crippen molar-refractivity contribution < 1.29 is 9.18 Å². The molecule has 0 unspecified atom stereocenters. The maximum absolute atomic E-state index is 13.4. The van der Waals surface area contributed by atoms with Crippen LogP contribution in [0, 0.1) is 17.7 Å². The molecule has 2 aromatic rings. The van der Waals surface area contributed by atoms with Crippen LogP contribution in [0.2, 0.25) is 0 Å². The van der Waals surface area contributed by atoms with E-state index in [-0.39, 0.29) is 12.2 Å². The number of halogens is 1. The van der Waals surface area contributed by atoms with E-state index in [4.69, 9.17) is 5.73 Å². The summed E-state index contributed by atoms with van der Waals surface area (Å²) in [4.78, 5) is 15.8. The molecule has 2 rings (SSSR count). The zero-order chi connectivity index (χ0) is 15.1. The molecule has 0 aliphatic heterocycles. The lowest BCUT2D eigenvalue weighted by Gasteiger charge is -2.07. The normalized spacial score (nSPS) is 9.43. The van der Waals surface area contributed by atoms with Crippen LogP contribution >= 0.6 is 0 Å². The number of hydrogen-bond acceptors (Lipinski definition) is 3. The van der Waals surface area contributed by atoms with Crippen molar-refractivity contribution in [2.45, 2.75) is 0 Å². The highest BCUT2D eigenvalue weighted by Gasteiger charge is 2.06. The number of urea groups is 1. The number of carbonyl (C=O) groups is 1. The highest BCUT2D eigenvalue weighted by atomic mass is 19.1. The van der Waals surface area contributed by atoms with Gasteiger partial charge in [0.05, 0.1) is 12.2 Å². The Bertz CT molecular complexity index is 706. The summed E-state index contributed by atoms with van der Waals surface area (Å²) in [6, 6.07) is 8.60. The molecule has 0 aliphatic carbocycles. The molecule has 21 heavy (non-hydrogen) atoms.